The standard InChI is InChI=1S/C11H12BrNO/c1-11(2,14)6-9-5-8(7-13)3-4-10(9)12/h3-5,14H,6H2,1-2H3. The fourth-order valence-corrected chi connectivity index (χ4v) is 1.63. The highest BCUT2D eigenvalue weighted by Crippen LogP contribution is 2.22. The Balaban J connectivity index is 3.03. The number of hydrogen-bond acceptors (Lipinski definition) is 2. The van der Waals surface area contributed by atoms with Crippen molar-refractivity contribution in [2.75, 3.05) is 0 Å². The molecule has 14 heavy (non-hydrogen) atoms. The van der Waals surface area contributed by atoms with Gasteiger partial charge in [0.1, 0.15) is 0 Å². The van der Waals surface area contributed by atoms with Crippen LogP contribution in [0.25, 0.3) is 0 Å². The van der Waals surface area contributed by atoms with Crippen molar-refractivity contribution in [1.82, 2.24) is 0 Å². The first-order chi connectivity index (χ1) is 6.42. The van der Waals surface area contributed by atoms with Crippen LogP contribution in [0, 0.1) is 11.3 Å². The number of benzene rings is 1. The Bertz CT molecular complexity index is 374. The minimum absolute atomic E-state index is 0.531. The van der Waals surface area contributed by atoms with Crippen LogP contribution in [-0.2, 0) is 6.42 Å². The van der Waals surface area contributed by atoms with Crippen LogP contribution in [0.2, 0.25) is 0 Å². The van der Waals surface area contributed by atoms with Gasteiger partial charge in [0.25, 0.3) is 0 Å². The highest BCUT2D eigenvalue weighted by atomic mass is 79.9. The zero-order chi connectivity index (χ0) is 10.8. The lowest BCUT2D eigenvalue weighted by Gasteiger charge is -2.17. The van der Waals surface area contributed by atoms with Crippen molar-refractivity contribution >= 4 is 15.9 Å². The van der Waals surface area contributed by atoms with Gasteiger partial charge >= 0.3 is 0 Å². The lowest BCUT2D eigenvalue weighted by molar-refractivity contribution is 0.0808. The molecule has 0 amide bonds. The number of nitrogens with zero attached hydrogens (tertiary/aromatic N) is 1. The van der Waals surface area contributed by atoms with Crippen LogP contribution < -0.4 is 0 Å². The van der Waals surface area contributed by atoms with Crippen molar-refractivity contribution in [3.8, 4) is 6.07 Å². The number of rotatable bonds is 2. The molecule has 74 valence electrons. The number of hydrogen-bond donors (Lipinski definition) is 1. The van der Waals surface area contributed by atoms with Crippen LogP contribution >= 0.6 is 15.9 Å². The molecule has 0 aliphatic carbocycles. The topological polar surface area (TPSA) is 44.0 Å². The zero-order valence-corrected chi connectivity index (χ0v) is 9.80. The van der Waals surface area contributed by atoms with Crippen molar-refractivity contribution in [3.63, 3.8) is 0 Å². The van der Waals surface area contributed by atoms with Crippen LogP contribution in [0.1, 0.15) is 25.0 Å². The Morgan fingerprint density at radius 3 is 2.64 bits per heavy atom. The van der Waals surface area contributed by atoms with E-state index >= 15 is 0 Å². The van der Waals surface area contributed by atoms with E-state index in [1.165, 1.54) is 0 Å². The molecule has 0 aliphatic heterocycles. The first-order valence-corrected chi connectivity index (χ1v) is 5.12. The Morgan fingerprint density at radius 2 is 2.14 bits per heavy atom. The molecule has 1 aromatic carbocycles. The van der Waals surface area contributed by atoms with Crippen molar-refractivity contribution in [2.45, 2.75) is 25.9 Å². The molecule has 1 aromatic rings. The Hall–Kier alpha value is -0.850. The van der Waals surface area contributed by atoms with Crippen molar-refractivity contribution in [1.29, 1.82) is 5.26 Å². The van der Waals surface area contributed by atoms with E-state index in [1.54, 1.807) is 26.0 Å². The minimum atomic E-state index is -0.753. The zero-order valence-electron chi connectivity index (χ0n) is 8.21. The summed E-state index contributed by atoms with van der Waals surface area (Å²) in [6.45, 7) is 3.50. The molecule has 1 rings (SSSR count). The Morgan fingerprint density at radius 1 is 1.50 bits per heavy atom. The van der Waals surface area contributed by atoms with E-state index in [9.17, 15) is 5.11 Å². The second-order valence-corrected chi connectivity index (χ2v) is 4.76. The van der Waals surface area contributed by atoms with Gasteiger partial charge in [-0.3, -0.25) is 0 Å². The fourth-order valence-electron chi connectivity index (χ4n) is 1.25. The highest BCUT2D eigenvalue weighted by molar-refractivity contribution is 9.10. The summed E-state index contributed by atoms with van der Waals surface area (Å²) >= 11 is 3.39. The molecule has 2 nitrogen and oxygen atoms in total. The van der Waals surface area contributed by atoms with Gasteiger partial charge in [-0.1, -0.05) is 15.9 Å². The maximum absolute atomic E-state index is 9.66. The molecule has 0 saturated carbocycles. The molecule has 0 saturated heterocycles. The Kier molecular flexibility index (Phi) is 3.30. The minimum Gasteiger partial charge on any atom is -0.390 e. The molecule has 0 aliphatic rings. The largest absolute Gasteiger partial charge is 0.390 e. The first kappa shape index (κ1) is 11.2. The molecule has 0 radical (unpaired) electrons. The average Bonchev–Trinajstić information content (AvgIpc) is 2.06. The summed E-state index contributed by atoms with van der Waals surface area (Å²) in [5.41, 5.74) is 0.820. The fraction of sp³-hybridized carbons (Fsp3) is 0.364. The van der Waals surface area contributed by atoms with E-state index in [0.29, 0.717) is 12.0 Å². The van der Waals surface area contributed by atoms with E-state index < -0.39 is 5.60 Å². The summed E-state index contributed by atoms with van der Waals surface area (Å²) in [7, 11) is 0. The lowest BCUT2D eigenvalue weighted by atomic mass is 9.98. The molecule has 0 spiro atoms. The van der Waals surface area contributed by atoms with Gasteiger partial charge in [0.15, 0.2) is 0 Å². The van der Waals surface area contributed by atoms with Gasteiger partial charge in [0, 0.05) is 10.9 Å². The van der Waals surface area contributed by atoms with Gasteiger partial charge in [-0.05, 0) is 37.6 Å². The molecule has 1 N–H and O–H groups in total. The third-order valence-corrected chi connectivity index (χ3v) is 2.57. The van der Waals surface area contributed by atoms with Gasteiger partial charge in [0.2, 0.25) is 0 Å². The molecular weight excluding hydrogens is 242 g/mol. The van der Waals surface area contributed by atoms with Crippen LogP contribution in [-0.4, -0.2) is 10.7 Å². The number of aliphatic hydroxyl groups is 1. The second-order valence-electron chi connectivity index (χ2n) is 3.91. The van der Waals surface area contributed by atoms with E-state index in [0.717, 1.165) is 10.0 Å². The van der Waals surface area contributed by atoms with E-state index in [-0.39, 0.29) is 0 Å². The quantitative estimate of drug-likeness (QED) is 0.881. The molecule has 0 aromatic heterocycles. The third-order valence-electron chi connectivity index (χ3n) is 1.80. The van der Waals surface area contributed by atoms with Gasteiger partial charge in [0.05, 0.1) is 17.2 Å². The highest BCUT2D eigenvalue weighted by Gasteiger charge is 2.15. The smallest absolute Gasteiger partial charge is 0.0991 e. The molecule has 0 bridgehead atoms. The predicted octanol–water partition coefficient (Wildman–Crippen LogP) is 2.63. The molecule has 0 unspecified atom stereocenters. The SMILES string of the molecule is CC(C)(O)Cc1cc(C#N)ccc1Br. The van der Waals surface area contributed by atoms with E-state index in [2.05, 4.69) is 22.0 Å². The number of nitriles is 1. The third kappa shape index (κ3) is 3.13. The van der Waals surface area contributed by atoms with E-state index in [4.69, 9.17) is 5.26 Å². The van der Waals surface area contributed by atoms with Crippen LogP contribution in [0.3, 0.4) is 0 Å². The maximum Gasteiger partial charge on any atom is 0.0991 e. The van der Waals surface area contributed by atoms with Gasteiger partial charge in [-0.15, -0.1) is 0 Å². The van der Waals surface area contributed by atoms with Gasteiger partial charge < -0.3 is 5.11 Å². The second kappa shape index (κ2) is 4.12. The lowest BCUT2D eigenvalue weighted by Crippen LogP contribution is -2.22. The van der Waals surface area contributed by atoms with Crippen molar-refractivity contribution in [3.05, 3.63) is 33.8 Å². The van der Waals surface area contributed by atoms with Crippen LogP contribution in [0.15, 0.2) is 22.7 Å². The molecule has 0 atom stereocenters. The monoisotopic (exact) mass is 253 g/mol. The maximum atomic E-state index is 9.66. The predicted molar refractivity (Wildman–Crippen MR) is 58.9 cm³/mol. The van der Waals surface area contributed by atoms with E-state index in [1.807, 2.05) is 6.07 Å². The normalized spacial score (nSPS) is 11.1. The first-order valence-electron chi connectivity index (χ1n) is 4.33. The van der Waals surface area contributed by atoms with Crippen LogP contribution in [0.4, 0.5) is 0 Å². The summed E-state index contributed by atoms with van der Waals surface area (Å²) in [6.07, 6.45) is 0.531. The van der Waals surface area contributed by atoms with Crippen molar-refractivity contribution < 1.29 is 5.11 Å². The average molecular weight is 254 g/mol. The number of halogens is 1. The van der Waals surface area contributed by atoms with Crippen LogP contribution in [0.5, 0.6) is 0 Å². The molecule has 0 heterocycles. The Labute approximate surface area is 92.3 Å². The molecular formula is C11H12BrNO. The summed E-state index contributed by atoms with van der Waals surface area (Å²) < 4.78 is 0.929. The summed E-state index contributed by atoms with van der Waals surface area (Å²) in [5, 5.41) is 18.4. The summed E-state index contributed by atoms with van der Waals surface area (Å²) in [6, 6.07) is 7.45. The molecule has 0 fully saturated rings. The van der Waals surface area contributed by atoms with Gasteiger partial charge in [-0.25, -0.2) is 0 Å². The summed E-state index contributed by atoms with van der Waals surface area (Å²) in [4.78, 5) is 0. The summed E-state index contributed by atoms with van der Waals surface area (Å²) in [5.74, 6) is 0. The van der Waals surface area contributed by atoms with Gasteiger partial charge in [-0.2, -0.15) is 5.26 Å². The van der Waals surface area contributed by atoms with Crippen molar-refractivity contribution in [2.24, 2.45) is 0 Å². The molecule has 3 heteroatoms.